The van der Waals surface area contributed by atoms with Crippen LogP contribution < -0.4 is 5.73 Å². The molecule has 0 fully saturated rings. The molecule has 152 valence electrons. The highest BCUT2D eigenvalue weighted by atomic mass is 32.2. The number of rotatable bonds is 6. The highest BCUT2D eigenvalue weighted by Crippen LogP contribution is 2.33. The predicted molar refractivity (Wildman–Crippen MR) is 97.9 cm³/mol. The summed E-state index contributed by atoms with van der Waals surface area (Å²) in [5.41, 5.74) is -0.708. The fourth-order valence-corrected chi connectivity index (χ4v) is 2.95. The van der Waals surface area contributed by atoms with Crippen molar-refractivity contribution in [2.45, 2.75) is 11.8 Å². The van der Waals surface area contributed by atoms with Crippen LogP contribution in [0.3, 0.4) is 0 Å². The van der Waals surface area contributed by atoms with E-state index < -0.39 is 98.0 Å². The van der Waals surface area contributed by atoms with Crippen LogP contribution in [-0.2, 0) is 34.3 Å². The van der Waals surface area contributed by atoms with Crippen LogP contribution in [0.4, 0.5) is 4.39 Å². The van der Waals surface area contributed by atoms with E-state index in [9.17, 15) is 22.4 Å². The fraction of sp³-hybridized carbons (Fsp3) is 0.158. The number of esters is 1. The van der Waals surface area contributed by atoms with E-state index in [-0.39, 0.29) is 0 Å². The average molecular weight is 429 g/mol. The summed E-state index contributed by atoms with van der Waals surface area (Å²) < 4.78 is 117. The van der Waals surface area contributed by atoms with Crippen molar-refractivity contribution >= 4 is 21.9 Å². The molecule has 10 heteroatoms. The molecule has 2 aromatic rings. The van der Waals surface area contributed by atoms with Gasteiger partial charge in [0.25, 0.3) is 0 Å². The zero-order valence-corrected chi connectivity index (χ0v) is 15.3. The van der Waals surface area contributed by atoms with E-state index in [0.29, 0.717) is 6.07 Å². The van der Waals surface area contributed by atoms with E-state index in [2.05, 4.69) is 8.92 Å². The third kappa shape index (κ3) is 4.37. The van der Waals surface area contributed by atoms with Gasteiger partial charge in [-0.2, -0.15) is 8.42 Å². The lowest BCUT2D eigenvalue weighted by molar-refractivity contribution is -0.123. The second-order valence-electron chi connectivity index (χ2n) is 5.28. The van der Waals surface area contributed by atoms with E-state index >= 15 is 0 Å². The predicted octanol–water partition coefficient (Wildman–Crippen LogP) is 1.93. The minimum atomic E-state index is -5.71. The molecule has 1 aliphatic rings. The van der Waals surface area contributed by atoms with Crippen LogP contribution in [-0.4, -0.2) is 27.3 Å². The minimum absolute atomic E-state index is 0.546. The number of Topliss-reactive ketones (excluding diaryl/α,β-unsaturated/α-hetero) is 1. The van der Waals surface area contributed by atoms with Crippen LogP contribution in [0.1, 0.15) is 38.5 Å². The summed E-state index contributed by atoms with van der Waals surface area (Å²) in [4.78, 5) is 24.5. The van der Waals surface area contributed by atoms with E-state index in [0.717, 1.165) is 19.2 Å². The zero-order chi connectivity index (χ0) is 28.2. The highest BCUT2D eigenvalue weighted by molar-refractivity contribution is 7.86. The van der Waals surface area contributed by atoms with E-state index in [1.165, 1.54) is 0 Å². The summed E-state index contributed by atoms with van der Waals surface area (Å²) in [5.74, 6) is -6.35. The van der Waals surface area contributed by atoms with Gasteiger partial charge in [-0.25, -0.2) is 9.18 Å². The van der Waals surface area contributed by atoms with Crippen LogP contribution in [0.15, 0.2) is 60.1 Å². The number of carbonyl (C=O) groups is 2. The van der Waals surface area contributed by atoms with Crippen molar-refractivity contribution in [1.82, 2.24) is 0 Å². The number of halogens is 1. The van der Waals surface area contributed by atoms with Gasteiger partial charge in [-0.1, -0.05) is 36.3 Å². The zero-order valence-electron chi connectivity index (χ0n) is 22.5. The number of hydrogen-bond acceptors (Lipinski definition) is 8. The summed E-state index contributed by atoms with van der Waals surface area (Å²) in [7, 11) is -4.72. The Morgan fingerprint density at radius 3 is 2.69 bits per heavy atom. The Kier molecular flexibility index (Phi) is 3.34. The molecule has 2 N–H and O–H groups in total. The molecule has 1 atom stereocenters. The third-order valence-electron chi connectivity index (χ3n) is 3.40. The Balaban J connectivity index is 2.02. The first-order valence-electron chi connectivity index (χ1n) is 11.6. The highest BCUT2D eigenvalue weighted by Gasteiger charge is 2.40. The lowest BCUT2D eigenvalue weighted by Crippen LogP contribution is -2.16. The Labute approximate surface area is 177 Å². The standard InChI is InChI=1S/C19H16FNO7S/c1-26-19(23)13-8-7-12(9-14(13)20)16-15(22)17(18(21)27-16)28-29(24,25)10-11-5-3-2-4-6-11/h2-9,16H,10,21H2,1H3/i2D,3D,4D,5D,6D,10D2,16D. The van der Waals surface area contributed by atoms with Gasteiger partial charge in [0, 0.05) is 5.56 Å². The number of ether oxygens (including phenoxy) is 2. The molecule has 1 heterocycles. The summed E-state index contributed by atoms with van der Waals surface area (Å²) in [5, 5.41) is 0. The molecule has 0 saturated heterocycles. The maximum Gasteiger partial charge on any atom is 0.340 e. The van der Waals surface area contributed by atoms with Crippen molar-refractivity contribution in [2.24, 2.45) is 5.73 Å². The second-order valence-corrected chi connectivity index (χ2v) is 6.56. The largest absolute Gasteiger partial charge is 0.465 e. The first-order valence-corrected chi connectivity index (χ1v) is 8.96. The molecular weight excluding hydrogens is 405 g/mol. The lowest BCUT2D eigenvalue weighted by Gasteiger charge is -2.11. The van der Waals surface area contributed by atoms with Gasteiger partial charge in [-0.15, -0.1) is 0 Å². The van der Waals surface area contributed by atoms with Gasteiger partial charge in [0.1, 0.15) is 11.5 Å². The number of nitrogens with two attached hydrogens (primary N) is 1. The van der Waals surface area contributed by atoms with Gasteiger partial charge in [0.2, 0.25) is 17.4 Å². The molecule has 0 spiro atoms. The van der Waals surface area contributed by atoms with E-state index in [1.54, 1.807) is 0 Å². The molecule has 1 unspecified atom stereocenters. The third-order valence-corrected chi connectivity index (χ3v) is 4.25. The smallest absolute Gasteiger partial charge is 0.340 e. The molecule has 8 nitrogen and oxygen atoms in total. The topological polar surface area (TPSA) is 122 Å². The molecule has 29 heavy (non-hydrogen) atoms. The Bertz CT molecular complexity index is 1470. The maximum atomic E-state index is 14.4. The van der Waals surface area contributed by atoms with Crippen molar-refractivity contribution in [2.75, 3.05) is 7.11 Å². The van der Waals surface area contributed by atoms with Gasteiger partial charge in [0.05, 0.1) is 23.6 Å². The summed E-state index contributed by atoms with van der Waals surface area (Å²) >= 11 is 0. The van der Waals surface area contributed by atoms with Crippen molar-refractivity contribution < 1.29 is 47.0 Å². The molecular formula is C19H16FNO7S. The van der Waals surface area contributed by atoms with E-state index in [4.69, 9.17) is 21.4 Å². The number of carbonyl (C=O) groups excluding carboxylic acids is 2. The molecule has 0 amide bonds. The average Bonchev–Trinajstić information content (AvgIpc) is 3.04. The molecule has 0 radical (unpaired) electrons. The monoisotopic (exact) mass is 429 g/mol. The Hall–Kier alpha value is -3.40. The normalized spacial score (nSPS) is 23.4. The summed E-state index contributed by atoms with van der Waals surface area (Å²) in [6, 6.07) is -2.99. The lowest BCUT2D eigenvalue weighted by atomic mass is 10.0. The van der Waals surface area contributed by atoms with Gasteiger partial charge >= 0.3 is 16.1 Å². The quantitative estimate of drug-likeness (QED) is 0.546. The number of hydrogen-bond donors (Lipinski definition) is 1. The van der Waals surface area contributed by atoms with Crippen LogP contribution in [0.5, 0.6) is 0 Å². The molecule has 0 aliphatic carbocycles. The first-order chi connectivity index (χ1) is 16.9. The fourth-order valence-electron chi connectivity index (χ4n) is 2.18. The van der Waals surface area contributed by atoms with Crippen molar-refractivity contribution in [3.8, 4) is 0 Å². The summed E-state index contributed by atoms with van der Waals surface area (Å²) in [6.07, 6.45) is -2.91. The van der Waals surface area contributed by atoms with Crippen molar-refractivity contribution in [3.05, 3.63) is 82.6 Å². The van der Waals surface area contributed by atoms with Gasteiger partial charge < -0.3 is 19.4 Å². The van der Waals surface area contributed by atoms with Crippen LogP contribution in [0.25, 0.3) is 0 Å². The van der Waals surface area contributed by atoms with E-state index in [1.807, 2.05) is 0 Å². The van der Waals surface area contributed by atoms with Gasteiger partial charge in [-0.3, -0.25) is 4.79 Å². The van der Waals surface area contributed by atoms with Gasteiger partial charge in [0.15, 0.2) is 6.08 Å². The van der Waals surface area contributed by atoms with Crippen LogP contribution in [0, 0.1) is 5.82 Å². The molecule has 0 aromatic heterocycles. The maximum absolute atomic E-state index is 14.4. The molecule has 3 rings (SSSR count). The Morgan fingerprint density at radius 2 is 2.07 bits per heavy atom. The van der Waals surface area contributed by atoms with Crippen LogP contribution in [0.2, 0.25) is 0 Å². The van der Waals surface area contributed by atoms with Crippen molar-refractivity contribution in [3.63, 3.8) is 0 Å². The first kappa shape index (κ1) is 12.2. The Morgan fingerprint density at radius 1 is 1.38 bits per heavy atom. The van der Waals surface area contributed by atoms with Gasteiger partial charge in [-0.05, 0) is 17.7 Å². The summed E-state index contributed by atoms with van der Waals surface area (Å²) in [6.45, 7) is 0. The number of benzene rings is 2. The minimum Gasteiger partial charge on any atom is -0.465 e. The SMILES string of the molecule is [2H]c1c([2H])c([2H])c(C([2H])([2H])S(=O)(=O)OC2=C(N)OC([2H])(c3ccc(C(=O)OC)c(F)c3)C2=O)c([2H])c1[2H]. The van der Waals surface area contributed by atoms with Crippen molar-refractivity contribution in [1.29, 1.82) is 0 Å². The number of methoxy groups -OCH3 is 1. The molecule has 0 bridgehead atoms. The molecule has 0 saturated carbocycles. The second kappa shape index (κ2) is 7.92. The molecule has 2 aromatic carbocycles. The number of ketones is 1. The van der Waals surface area contributed by atoms with Crippen LogP contribution >= 0.6 is 0 Å². The molecule has 1 aliphatic heterocycles.